The predicted molar refractivity (Wildman–Crippen MR) is 81.9 cm³/mol. The fourth-order valence-corrected chi connectivity index (χ4v) is 3.49. The highest BCUT2D eigenvalue weighted by atomic mass is 79.9. The molecule has 0 aliphatic heterocycles. The molecule has 0 amide bonds. The van der Waals surface area contributed by atoms with Crippen molar-refractivity contribution in [2.75, 3.05) is 6.54 Å². The van der Waals surface area contributed by atoms with E-state index in [2.05, 4.69) is 61.9 Å². The summed E-state index contributed by atoms with van der Waals surface area (Å²) in [5.41, 5.74) is 0.414. The highest BCUT2D eigenvalue weighted by molar-refractivity contribution is 9.10. The summed E-state index contributed by atoms with van der Waals surface area (Å²) in [6.07, 6.45) is 2.46. The monoisotopic (exact) mass is 317 g/mol. The summed E-state index contributed by atoms with van der Waals surface area (Å²) in [7, 11) is 0. The standard InChI is InChI=1S/C14H24BrNS/c1-6-16-12(7-8-14(3,4)5)13-9-11(15)10(2)17-13/h9,12,16H,6-8H2,1-5H3. The molecule has 1 heterocycles. The normalized spacial score (nSPS) is 14.0. The van der Waals surface area contributed by atoms with Crippen molar-refractivity contribution in [2.24, 2.45) is 5.41 Å². The second kappa shape index (κ2) is 6.35. The van der Waals surface area contributed by atoms with Crippen LogP contribution in [-0.2, 0) is 0 Å². The van der Waals surface area contributed by atoms with E-state index in [1.807, 2.05) is 11.3 Å². The second-order valence-corrected chi connectivity index (χ2v) is 7.90. The summed E-state index contributed by atoms with van der Waals surface area (Å²) in [5, 5.41) is 3.60. The van der Waals surface area contributed by atoms with Gasteiger partial charge < -0.3 is 5.32 Å². The Morgan fingerprint density at radius 1 is 1.41 bits per heavy atom. The number of aryl methyl sites for hydroxylation is 1. The average molecular weight is 318 g/mol. The molecule has 0 fully saturated rings. The van der Waals surface area contributed by atoms with Crippen LogP contribution < -0.4 is 5.32 Å². The van der Waals surface area contributed by atoms with Gasteiger partial charge in [-0.15, -0.1) is 11.3 Å². The van der Waals surface area contributed by atoms with Gasteiger partial charge in [-0.1, -0.05) is 27.7 Å². The van der Waals surface area contributed by atoms with Crippen molar-refractivity contribution < 1.29 is 0 Å². The summed E-state index contributed by atoms with van der Waals surface area (Å²) in [4.78, 5) is 2.83. The Morgan fingerprint density at radius 3 is 2.47 bits per heavy atom. The summed E-state index contributed by atoms with van der Waals surface area (Å²) in [5.74, 6) is 0. The van der Waals surface area contributed by atoms with Crippen LogP contribution in [0.1, 0.15) is 56.3 Å². The largest absolute Gasteiger partial charge is 0.310 e. The van der Waals surface area contributed by atoms with Gasteiger partial charge in [-0.3, -0.25) is 0 Å². The van der Waals surface area contributed by atoms with Crippen molar-refractivity contribution in [1.29, 1.82) is 0 Å². The van der Waals surface area contributed by atoms with Crippen molar-refractivity contribution in [2.45, 2.75) is 53.5 Å². The molecular formula is C14H24BrNS. The van der Waals surface area contributed by atoms with E-state index in [9.17, 15) is 0 Å². The van der Waals surface area contributed by atoms with E-state index >= 15 is 0 Å². The molecule has 17 heavy (non-hydrogen) atoms. The molecule has 1 N–H and O–H groups in total. The molecule has 1 atom stereocenters. The SMILES string of the molecule is CCNC(CCC(C)(C)C)c1cc(Br)c(C)s1. The number of rotatable bonds is 5. The zero-order chi connectivity index (χ0) is 13.1. The van der Waals surface area contributed by atoms with Gasteiger partial charge in [0.15, 0.2) is 0 Å². The zero-order valence-electron chi connectivity index (χ0n) is 11.6. The van der Waals surface area contributed by atoms with Gasteiger partial charge in [-0.2, -0.15) is 0 Å². The van der Waals surface area contributed by atoms with Gasteiger partial charge in [0.05, 0.1) is 0 Å². The van der Waals surface area contributed by atoms with Gasteiger partial charge in [0.1, 0.15) is 0 Å². The van der Waals surface area contributed by atoms with Crippen LogP contribution in [0.5, 0.6) is 0 Å². The van der Waals surface area contributed by atoms with Crippen LogP contribution in [0, 0.1) is 12.3 Å². The number of hydrogen-bond donors (Lipinski definition) is 1. The van der Waals surface area contributed by atoms with Gasteiger partial charge in [-0.25, -0.2) is 0 Å². The molecule has 1 unspecified atom stereocenters. The summed E-state index contributed by atoms with van der Waals surface area (Å²) >= 11 is 5.51. The first-order valence-corrected chi connectivity index (χ1v) is 7.93. The minimum Gasteiger partial charge on any atom is -0.310 e. The Labute approximate surface area is 118 Å². The van der Waals surface area contributed by atoms with Crippen LogP contribution in [0.2, 0.25) is 0 Å². The topological polar surface area (TPSA) is 12.0 Å². The van der Waals surface area contributed by atoms with E-state index in [0.717, 1.165) is 6.54 Å². The Kier molecular flexibility index (Phi) is 5.68. The van der Waals surface area contributed by atoms with E-state index in [0.29, 0.717) is 11.5 Å². The molecular weight excluding hydrogens is 294 g/mol. The fourth-order valence-electron chi connectivity index (χ4n) is 1.82. The third-order valence-corrected chi connectivity index (χ3v) is 5.10. The van der Waals surface area contributed by atoms with Gasteiger partial charge in [0.25, 0.3) is 0 Å². The van der Waals surface area contributed by atoms with Crippen LogP contribution in [-0.4, -0.2) is 6.54 Å². The molecule has 0 spiro atoms. The van der Waals surface area contributed by atoms with Crippen molar-refractivity contribution in [1.82, 2.24) is 5.32 Å². The number of thiophene rings is 1. The zero-order valence-corrected chi connectivity index (χ0v) is 14.0. The Balaban J connectivity index is 2.71. The Morgan fingerprint density at radius 2 is 2.06 bits per heavy atom. The highest BCUT2D eigenvalue weighted by Gasteiger charge is 2.18. The lowest BCUT2D eigenvalue weighted by Gasteiger charge is -2.23. The second-order valence-electron chi connectivity index (χ2n) is 5.76. The molecule has 0 aliphatic carbocycles. The van der Waals surface area contributed by atoms with Crippen molar-refractivity contribution in [3.63, 3.8) is 0 Å². The molecule has 98 valence electrons. The summed E-state index contributed by atoms with van der Waals surface area (Å²) in [6.45, 7) is 12.3. The molecule has 0 aromatic carbocycles. The lowest BCUT2D eigenvalue weighted by Crippen LogP contribution is -2.21. The first-order chi connectivity index (χ1) is 7.83. The number of halogens is 1. The third kappa shape index (κ3) is 5.11. The molecule has 1 nitrogen and oxygen atoms in total. The lowest BCUT2D eigenvalue weighted by atomic mass is 9.88. The van der Waals surface area contributed by atoms with E-state index in [-0.39, 0.29) is 0 Å². The van der Waals surface area contributed by atoms with E-state index in [1.165, 1.54) is 27.1 Å². The predicted octanol–water partition coefficient (Wildman–Crippen LogP) is 5.30. The molecule has 0 bridgehead atoms. The maximum atomic E-state index is 3.61. The number of nitrogens with one attached hydrogen (secondary N) is 1. The van der Waals surface area contributed by atoms with E-state index in [4.69, 9.17) is 0 Å². The van der Waals surface area contributed by atoms with E-state index < -0.39 is 0 Å². The number of hydrogen-bond acceptors (Lipinski definition) is 2. The van der Waals surface area contributed by atoms with Crippen molar-refractivity contribution in [3.05, 3.63) is 20.3 Å². The van der Waals surface area contributed by atoms with E-state index in [1.54, 1.807) is 0 Å². The van der Waals surface area contributed by atoms with Gasteiger partial charge in [0.2, 0.25) is 0 Å². The van der Waals surface area contributed by atoms with Crippen LogP contribution in [0.4, 0.5) is 0 Å². The molecule has 0 radical (unpaired) electrons. The maximum absolute atomic E-state index is 3.61. The molecule has 1 rings (SSSR count). The maximum Gasteiger partial charge on any atom is 0.0415 e. The molecule has 0 saturated carbocycles. The van der Waals surface area contributed by atoms with Gasteiger partial charge in [0, 0.05) is 20.3 Å². The first kappa shape index (κ1) is 15.2. The van der Waals surface area contributed by atoms with Crippen molar-refractivity contribution in [3.8, 4) is 0 Å². The third-order valence-electron chi connectivity index (χ3n) is 2.85. The summed E-state index contributed by atoms with van der Waals surface area (Å²) < 4.78 is 1.25. The van der Waals surface area contributed by atoms with Gasteiger partial charge in [-0.05, 0) is 53.7 Å². The summed E-state index contributed by atoms with van der Waals surface area (Å²) in [6, 6.07) is 2.78. The van der Waals surface area contributed by atoms with Crippen molar-refractivity contribution >= 4 is 27.3 Å². The highest BCUT2D eigenvalue weighted by Crippen LogP contribution is 2.34. The van der Waals surface area contributed by atoms with Crippen LogP contribution >= 0.6 is 27.3 Å². The Bertz CT molecular complexity index is 332. The fraction of sp³-hybridized carbons (Fsp3) is 0.714. The molecule has 1 aromatic rings. The minimum absolute atomic E-state index is 0.414. The first-order valence-electron chi connectivity index (χ1n) is 6.32. The lowest BCUT2D eigenvalue weighted by molar-refractivity contribution is 0.335. The molecule has 3 heteroatoms. The van der Waals surface area contributed by atoms with Crippen LogP contribution in [0.25, 0.3) is 0 Å². The smallest absolute Gasteiger partial charge is 0.0415 e. The molecule has 0 saturated heterocycles. The minimum atomic E-state index is 0.414. The average Bonchev–Trinajstić information content (AvgIpc) is 2.52. The van der Waals surface area contributed by atoms with Crippen LogP contribution in [0.3, 0.4) is 0 Å². The Hall–Kier alpha value is 0.140. The molecule has 1 aromatic heterocycles. The van der Waals surface area contributed by atoms with Gasteiger partial charge >= 0.3 is 0 Å². The quantitative estimate of drug-likeness (QED) is 0.777. The van der Waals surface area contributed by atoms with Crippen LogP contribution in [0.15, 0.2) is 10.5 Å². The molecule has 0 aliphatic rings.